The van der Waals surface area contributed by atoms with Gasteiger partial charge in [0.2, 0.25) is 5.88 Å². The number of hydrogen-bond donors (Lipinski definition) is 2. The number of anilines is 3. The molecule has 5 nitrogen and oxygen atoms in total. The van der Waals surface area contributed by atoms with Crippen LogP contribution in [0.4, 0.5) is 17.3 Å². The number of fused-ring (bicyclic) bond motifs is 1. The zero-order valence-corrected chi connectivity index (χ0v) is 8.92. The number of nitrogens with two attached hydrogens (primary N) is 1. The van der Waals surface area contributed by atoms with E-state index in [4.69, 9.17) is 10.2 Å². The summed E-state index contributed by atoms with van der Waals surface area (Å²) in [6.45, 7) is 0. The molecular formula is C12H10N4O. The molecule has 0 saturated heterocycles. The van der Waals surface area contributed by atoms with Crippen LogP contribution in [0.2, 0.25) is 0 Å². The number of aromatic nitrogens is 2. The van der Waals surface area contributed by atoms with Crippen LogP contribution >= 0.6 is 0 Å². The standard InChI is InChI=1S/C12H10N4O/c13-12-11(16-8-2-1-4-14-6-8)9-3-5-15-7-10(9)17-12/h1-7,16H,13H2. The van der Waals surface area contributed by atoms with Crippen molar-refractivity contribution >= 4 is 28.2 Å². The Morgan fingerprint density at radius 1 is 1.12 bits per heavy atom. The minimum Gasteiger partial charge on any atom is -0.437 e. The molecule has 3 rings (SSSR count). The van der Waals surface area contributed by atoms with Crippen molar-refractivity contribution in [2.45, 2.75) is 0 Å². The fourth-order valence-corrected chi connectivity index (χ4v) is 1.68. The van der Waals surface area contributed by atoms with Crippen molar-refractivity contribution in [2.24, 2.45) is 0 Å². The zero-order valence-electron chi connectivity index (χ0n) is 8.92. The highest BCUT2D eigenvalue weighted by atomic mass is 16.3. The Kier molecular flexibility index (Phi) is 2.15. The van der Waals surface area contributed by atoms with E-state index >= 15 is 0 Å². The van der Waals surface area contributed by atoms with Crippen LogP contribution in [-0.4, -0.2) is 9.97 Å². The molecule has 3 aromatic rings. The van der Waals surface area contributed by atoms with E-state index in [9.17, 15) is 0 Å². The number of pyridine rings is 2. The van der Waals surface area contributed by atoms with Gasteiger partial charge in [0.1, 0.15) is 5.69 Å². The summed E-state index contributed by atoms with van der Waals surface area (Å²) in [6, 6.07) is 5.61. The minimum absolute atomic E-state index is 0.344. The first-order chi connectivity index (χ1) is 8.34. The van der Waals surface area contributed by atoms with E-state index in [2.05, 4.69) is 15.3 Å². The van der Waals surface area contributed by atoms with Crippen molar-refractivity contribution in [3.63, 3.8) is 0 Å². The topological polar surface area (TPSA) is 77.0 Å². The third-order valence-electron chi connectivity index (χ3n) is 2.45. The van der Waals surface area contributed by atoms with Crippen molar-refractivity contribution in [3.05, 3.63) is 43.0 Å². The lowest BCUT2D eigenvalue weighted by Gasteiger charge is -2.03. The molecule has 84 valence electrons. The molecular weight excluding hydrogens is 216 g/mol. The summed E-state index contributed by atoms with van der Waals surface area (Å²) < 4.78 is 5.40. The lowest BCUT2D eigenvalue weighted by Crippen LogP contribution is -1.93. The molecule has 0 unspecified atom stereocenters. The second kappa shape index (κ2) is 3.79. The van der Waals surface area contributed by atoms with Gasteiger partial charge in [0.05, 0.1) is 18.1 Å². The van der Waals surface area contributed by atoms with Gasteiger partial charge in [-0.1, -0.05) is 0 Å². The van der Waals surface area contributed by atoms with Gasteiger partial charge in [0, 0.05) is 17.8 Å². The van der Waals surface area contributed by atoms with Crippen LogP contribution in [0.5, 0.6) is 0 Å². The summed E-state index contributed by atoms with van der Waals surface area (Å²) in [7, 11) is 0. The molecule has 3 N–H and O–H groups in total. The second-order valence-corrected chi connectivity index (χ2v) is 3.58. The molecule has 0 aliphatic heterocycles. The summed E-state index contributed by atoms with van der Waals surface area (Å²) in [5.41, 5.74) is 8.09. The second-order valence-electron chi connectivity index (χ2n) is 3.58. The lowest BCUT2D eigenvalue weighted by atomic mass is 10.2. The molecule has 0 spiro atoms. The Bertz CT molecular complexity index is 648. The Morgan fingerprint density at radius 2 is 2.00 bits per heavy atom. The molecule has 0 saturated carbocycles. The number of nitrogen functional groups attached to an aromatic ring is 1. The fourth-order valence-electron chi connectivity index (χ4n) is 1.68. The molecule has 0 fully saturated rings. The minimum atomic E-state index is 0.344. The molecule has 17 heavy (non-hydrogen) atoms. The molecule has 5 heteroatoms. The number of hydrogen-bond acceptors (Lipinski definition) is 5. The van der Waals surface area contributed by atoms with Crippen molar-refractivity contribution in [1.29, 1.82) is 0 Å². The number of nitrogens with zero attached hydrogens (tertiary/aromatic N) is 2. The maximum absolute atomic E-state index is 5.82. The Balaban J connectivity index is 2.08. The van der Waals surface area contributed by atoms with Gasteiger partial charge in [-0.05, 0) is 18.2 Å². The normalized spacial score (nSPS) is 10.6. The smallest absolute Gasteiger partial charge is 0.215 e. The quantitative estimate of drug-likeness (QED) is 0.702. The van der Waals surface area contributed by atoms with Crippen LogP contribution in [0.3, 0.4) is 0 Å². The predicted octanol–water partition coefficient (Wildman–Crippen LogP) is 2.55. The molecule has 0 aromatic carbocycles. The van der Waals surface area contributed by atoms with E-state index in [1.807, 2.05) is 18.2 Å². The SMILES string of the molecule is Nc1oc2cnccc2c1Nc1cccnc1. The molecule has 3 heterocycles. The molecule has 0 amide bonds. The molecule has 3 aromatic heterocycles. The van der Waals surface area contributed by atoms with E-state index in [0.29, 0.717) is 11.5 Å². The zero-order chi connectivity index (χ0) is 11.7. The van der Waals surface area contributed by atoms with Gasteiger partial charge in [-0.15, -0.1) is 0 Å². The third kappa shape index (κ3) is 1.67. The maximum atomic E-state index is 5.82. The Hall–Kier alpha value is -2.56. The van der Waals surface area contributed by atoms with Crippen LogP contribution in [0.25, 0.3) is 11.0 Å². The average Bonchev–Trinajstić information content (AvgIpc) is 2.68. The van der Waals surface area contributed by atoms with Crippen LogP contribution in [0.15, 0.2) is 47.4 Å². The van der Waals surface area contributed by atoms with E-state index in [1.54, 1.807) is 24.8 Å². The molecule has 0 aliphatic rings. The molecule has 0 aliphatic carbocycles. The average molecular weight is 226 g/mol. The Labute approximate surface area is 97.3 Å². The van der Waals surface area contributed by atoms with Gasteiger partial charge in [0.15, 0.2) is 5.58 Å². The first kappa shape index (κ1) is 9.65. The monoisotopic (exact) mass is 226 g/mol. The maximum Gasteiger partial charge on any atom is 0.215 e. The molecule has 0 radical (unpaired) electrons. The van der Waals surface area contributed by atoms with Crippen molar-refractivity contribution < 1.29 is 4.42 Å². The molecule has 0 atom stereocenters. The van der Waals surface area contributed by atoms with E-state index in [0.717, 1.165) is 16.8 Å². The van der Waals surface area contributed by atoms with Crippen LogP contribution in [0.1, 0.15) is 0 Å². The van der Waals surface area contributed by atoms with Crippen molar-refractivity contribution in [1.82, 2.24) is 9.97 Å². The van der Waals surface area contributed by atoms with Crippen LogP contribution in [0, 0.1) is 0 Å². The van der Waals surface area contributed by atoms with Crippen molar-refractivity contribution in [2.75, 3.05) is 11.1 Å². The predicted molar refractivity (Wildman–Crippen MR) is 65.9 cm³/mol. The van der Waals surface area contributed by atoms with Gasteiger partial charge in [-0.2, -0.15) is 0 Å². The highest BCUT2D eigenvalue weighted by Gasteiger charge is 2.11. The number of furan rings is 1. The first-order valence-electron chi connectivity index (χ1n) is 5.13. The summed E-state index contributed by atoms with van der Waals surface area (Å²) in [5.74, 6) is 0.344. The van der Waals surface area contributed by atoms with Crippen LogP contribution < -0.4 is 11.1 Å². The summed E-state index contributed by atoms with van der Waals surface area (Å²) in [5, 5.41) is 4.09. The third-order valence-corrected chi connectivity index (χ3v) is 2.45. The van der Waals surface area contributed by atoms with E-state index in [1.165, 1.54) is 0 Å². The van der Waals surface area contributed by atoms with E-state index < -0.39 is 0 Å². The van der Waals surface area contributed by atoms with E-state index in [-0.39, 0.29) is 0 Å². The molecule has 0 bridgehead atoms. The number of rotatable bonds is 2. The summed E-state index contributed by atoms with van der Waals surface area (Å²) in [4.78, 5) is 8.01. The fraction of sp³-hybridized carbons (Fsp3) is 0. The van der Waals surface area contributed by atoms with Gasteiger partial charge < -0.3 is 15.5 Å². The van der Waals surface area contributed by atoms with Crippen molar-refractivity contribution in [3.8, 4) is 0 Å². The first-order valence-corrected chi connectivity index (χ1v) is 5.13. The number of nitrogens with one attached hydrogen (secondary N) is 1. The van der Waals surface area contributed by atoms with Gasteiger partial charge >= 0.3 is 0 Å². The summed E-state index contributed by atoms with van der Waals surface area (Å²) in [6.07, 6.45) is 6.78. The van der Waals surface area contributed by atoms with Gasteiger partial charge in [-0.3, -0.25) is 9.97 Å². The highest BCUT2D eigenvalue weighted by molar-refractivity contribution is 5.97. The van der Waals surface area contributed by atoms with Crippen LogP contribution in [-0.2, 0) is 0 Å². The largest absolute Gasteiger partial charge is 0.437 e. The van der Waals surface area contributed by atoms with Gasteiger partial charge in [0.25, 0.3) is 0 Å². The van der Waals surface area contributed by atoms with Gasteiger partial charge in [-0.25, -0.2) is 0 Å². The Morgan fingerprint density at radius 3 is 2.82 bits per heavy atom. The lowest BCUT2D eigenvalue weighted by molar-refractivity contribution is 0.636. The highest BCUT2D eigenvalue weighted by Crippen LogP contribution is 2.34. The summed E-state index contributed by atoms with van der Waals surface area (Å²) >= 11 is 0.